The first kappa shape index (κ1) is 27.9. The molecule has 182 valence electrons. The zero-order valence-electron chi connectivity index (χ0n) is 19.6. The molecular formula is C29H28Cl2O4. The van der Waals surface area contributed by atoms with Crippen molar-refractivity contribution in [2.24, 2.45) is 0 Å². The van der Waals surface area contributed by atoms with Crippen molar-refractivity contribution in [3.8, 4) is 22.6 Å². The molecule has 0 aliphatic carbocycles. The highest BCUT2D eigenvalue weighted by atomic mass is 35.5. The third-order valence-electron chi connectivity index (χ3n) is 4.69. The van der Waals surface area contributed by atoms with Crippen LogP contribution in [0.1, 0.15) is 29.8 Å². The number of phenols is 2. The van der Waals surface area contributed by atoms with Crippen molar-refractivity contribution in [3.63, 3.8) is 0 Å². The molecular weight excluding hydrogens is 483 g/mol. The van der Waals surface area contributed by atoms with Gasteiger partial charge in [-0.3, -0.25) is 4.79 Å². The van der Waals surface area contributed by atoms with Crippen LogP contribution in [0.25, 0.3) is 11.1 Å². The monoisotopic (exact) mass is 510 g/mol. The smallest absolute Gasteiger partial charge is 0.193 e. The van der Waals surface area contributed by atoms with Gasteiger partial charge in [0, 0.05) is 34.4 Å². The number of aromatic hydroxyl groups is 2. The van der Waals surface area contributed by atoms with E-state index in [0.29, 0.717) is 21.2 Å². The van der Waals surface area contributed by atoms with Gasteiger partial charge in [0.2, 0.25) is 0 Å². The van der Waals surface area contributed by atoms with Gasteiger partial charge in [0.15, 0.2) is 5.78 Å². The zero-order chi connectivity index (χ0) is 25.6. The number of rotatable bonds is 5. The number of ketones is 1. The lowest BCUT2D eigenvalue weighted by Gasteiger charge is -2.01. The Morgan fingerprint density at radius 1 is 0.600 bits per heavy atom. The molecule has 0 aliphatic rings. The standard InChI is InChI=1S/C13H8Cl2O.C12H10O2.C4H10O/c14-11-5-1-9(2-6-11)13(16)10-3-7-12(15)8-4-10;13-11-5-1-9(2-6-11)10-3-7-12(14)8-4-10;1-3-5-4-2/h1-8H;1-8,13-14H;3-4H2,1-2H3. The van der Waals surface area contributed by atoms with Crippen LogP contribution in [0, 0.1) is 0 Å². The van der Waals surface area contributed by atoms with E-state index in [9.17, 15) is 4.79 Å². The first-order valence-corrected chi connectivity index (χ1v) is 11.8. The topological polar surface area (TPSA) is 66.8 Å². The minimum absolute atomic E-state index is 0.0340. The zero-order valence-corrected chi connectivity index (χ0v) is 21.1. The van der Waals surface area contributed by atoms with Gasteiger partial charge in [0.1, 0.15) is 11.5 Å². The summed E-state index contributed by atoms with van der Waals surface area (Å²) in [5, 5.41) is 19.5. The average molecular weight is 511 g/mol. The van der Waals surface area contributed by atoms with E-state index < -0.39 is 0 Å². The molecule has 2 N–H and O–H groups in total. The van der Waals surface area contributed by atoms with Crippen LogP contribution >= 0.6 is 23.2 Å². The second-order valence-corrected chi connectivity index (χ2v) is 8.09. The highest BCUT2D eigenvalue weighted by molar-refractivity contribution is 6.31. The summed E-state index contributed by atoms with van der Waals surface area (Å²) in [6.45, 7) is 5.67. The van der Waals surface area contributed by atoms with Gasteiger partial charge in [-0.25, -0.2) is 0 Å². The Hall–Kier alpha value is -3.31. The molecule has 0 saturated carbocycles. The molecule has 35 heavy (non-hydrogen) atoms. The summed E-state index contributed by atoms with van der Waals surface area (Å²) in [5.74, 6) is 0.480. The number of ether oxygens (including phenoxy) is 1. The molecule has 0 amide bonds. The predicted molar refractivity (Wildman–Crippen MR) is 144 cm³/mol. The first-order chi connectivity index (χ1) is 16.8. The number of carbonyl (C=O) groups is 1. The molecule has 0 bridgehead atoms. The SMILES string of the molecule is CCOCC.O=C(c1ccc(Cl)cc1)c1ccc(Cl)cc1.Oc1ccc(-c2ccc(O)cc2)cc1. The van der Waals surface area contributed by atoms with Crippen LogP contribution in [0.4, 0.5) is 0 Å². The molecule has 0 atom stereocenters. The van der Waals surface area contributed by atoms with E-state index in [0.717, 1.165) is 24.3 Å². The fraction of sp³-hybridized carbons (Fsp3) is 0.138. The van der Waals surface area contributed by atoms with Crippen LogP contribution in [0.15, 0.2) is 97.1 Å². The minimum atomic E-state index is -0.0340. The predicted octanol–water partition coefficient (Wildman–Crippen LogP) is 8.03. The molecule has 0 heterocycles. The van der Waals surface area contributed by atoms with Gasteiger partial charge in [-0.05, 0) is 97.8 Å². The van der Waals surface area contributed by atoms with Crippen molar-refractivity contribution in [1.82, 2.24) is 0 Å². The van der Waals surface area contributed by atoms with Crippen LogP contribution in [0.5, 0.6) is 11.5 Å². The van der Waals surface area contributed by atoms with Crippen molar-refractivity contribution in [2.45, 2.75) is 13.8 Å². The maximum absolute atomic E-state index is 12.0. The first-order valence-electron chi connectivity index (χ1n) is 11.1. The molecule has 0 aliphatic heterocycles. The summed E-state index contributed by atoms with van der Waals surface area (Å²) in [6, 6.07) is 27.5. The normalized spacial score (nSPS) is 9.83. The molecule has 0 aromatic heterocycles. The Bertz CT molecular complexity index is 1060. The summed E-state index contributed by atoms with van der Waals surface area (Å²) in [5.41, 5.74) is 3.27. The Morgan fingerprint density at radius 3 is 1.17 bits per heavy atom. The van der Waals surface area contributed by atoms with E-state index >= 15 is 0 Å². The second-order valence-electron chi connectivity index (χ2n) is 7.22. The van der Waals surface area contributed by atoms with Crippen molar-refractivity contribution in [1.29, 1.82) is 0 Å². The number of halogens is 2. The van der Waals surface area contributed by atoms with Gasteiger partial charge in [0.05, 0.1) is 0 Å². The van der Waals surface area contributed by atoms with E-state index in [1.165, 1.54) is 0 Å². The largest absolute Gasteiger partial charge is 0.508 e. The van der Waals surface area contributed by atoms with Gasteiger partial charge < -0.3 is 14.9 Å². The second kappa shape index (κ2) is 14.8. The summed E-state index contributed by atoms with van der Waals surface area (Å²) >= 11 is 11.5. The number of hydrogen-bond acceptors (Lipinski definition) is 4. The van der Waals surface area contributed by atoms with Crippen molar-refractivity contribution >= 4 is 29.0 Å². The number of phenolic OH excluding ortho intramolecular Hbond substituents is 2. The van der Waals surface area contributed by atoms with E-state index in [2.05, 4.69) is 0 Å². The van der Waals surface area contributed by atoms with Gasteiger partial charge in [-0.2, -0.15) is 0 Å². The number of carbonyl (C=O) groups excluding carboxylic acids is 1. The molecule has 0 radical (unpaired) electrons. The van der Waals surface area contributed by atoms with Gasteiger partial charge >= 0.3 is 0 Å². The van der Waals surface area contributed by atoms with Crippen molar-refractivity contribution in [3.05, 3.63) is 118 Å². The fourth-order valence-electron chi connectivity index (χ4n) is 2.88. The highest BCUT2D eigenvalue weighted by Gasteiger charge is 2.08. The Balaban J connectivity index is 0.000000209. The molecule has 0 spiro atoms. The van der Waals surface area contributed by atoms with E-state index in [-0.39, 0.29) is 17.3 Å². The lowest BCUT2D eigenvalue weighted by Crippen LogP contribution is -2.00. The molecule has 6 heteroatoms. The van der Waals surface area contributed by atoms with Gasteiger partial charge in [-0.1, -0.05) is 47.5 Å². The summed E-state index contributed by atoms with van der Waals surface area (Å²) in [4.78, 5) is 12.0. The maximum Gasteiger partial charge on any atom is 0.193 e. The summed E-state index contributed by atoms with van der Waals surface area (Å²) in [6.07, 6.45) is 0. The average Bonchev–Trinajstić information content (AvgIpc) is 2.87. The number of benzene rings is 4. The summed E-state index contributed by atoms with van der Waals surface area (Å²) < 4.78 is 4.83. The molecule has 0 unspecified atom stereocenters. The van der Waals surface area contributed by atoms with Crippen LogP contribution in [-0.2, 0) is 4.74 Å². The van der Waals surface area contributed by atoms with Crippen LogP contribution in [0.3, 0.4) is 0 Å². The minimum Gasteiger partial charge on any atom is -0.508 e. The van der Waals surface area contributed by atoms with Crippen LogP contribution < -0.4 is 0 Å². The quantitative estimate of drug-likeness (QED) is 0.266. The lowest BCUT2D eigenvalue weighted by atomic mass is 10.0. The van der Waals surface area contributed by atoms with Gasteiger partial charge in [0.25, 0.3) is 0 Å². The van der Waals surface area contributed by atoms with Crippen LogP contribution in [-0.4, -0.2) is 29.2 Å². The van der Waals surface area contributed by atoms with E-state index in [4.69, 9.17) is 38.2 Å². The van der Waals surface area contributed by atoms with E-state index in [1.807, 2.05) is 38.1 Å². The highest BCUT2D eigenvalue weighted by Crippen LogP contribution is 2.23. The maximum atomic E-state index is 12.0. The molecule has 0 fully saturated rings. The van der Waals surface area contributed by atoms with Gasteiger partial charge in [-0.15, -0.1) is 0 Å². The molecule has 4 aromatic carbocycles. The Kier molecular flexibility index (Phi) is 11.8. The molecule has 4 nitrogen and oxygen atoms in total. The molecule has 4 aromatic rings. The van der Waals surface area contributed by atoms with Crippen LogP contribution in [0.2, 0.25) is 10.0 Å². The molecule has 4 rings (SSSR count). The third kappa shape index (κ3) is 9.83. The number of hydrogen-bond donors (Lipinski definition) is 2. The Morgan fingerprint density at radius 2 is 0.914 bits per heavy atom. The van der Waals surface area contributed by atoms with Crippen molar-refractivity contribution in [2.75, 3.05) is 13.2 Å². The summed E-state index contributed by atoms with van der Waals surface area (Å²) in [7, 11) is 0. The Labute approximate surface area is 216 Å². The fourth-order valence-corrected chi connectivity index (χ4v) is 3.13. The lowest BCUT2D eigenvalue weighted by molar-refractivity contribution is 0.103. The third-order valence-corrected chi connectivity index (χ3v) is 5.19. The van der Waals surface area contributed by atoms with Crippen molar-refractivity contribution < 1.29 is 19.7 Å². The molecule has 0 saturated heterocycles. The van der Waals surface area contributed by atoms with E-state index in [1.54, 1.807) is 72.8 Å².